The fourth-order valence-corrected chi connectivity index (χ4v) is 3.48. The van der Waals surface area contributed by atoms with E-state index in [2.05, 4.69) is 11.9 Å². The zero-order valence-electron chi connectivity index (χ0n) is 17.9. The number of aromatic nitrogens is 1. The molecule has 3 N–H and O–H groups in total. The standard InChI is InChI=1S/C25H28N2O4/c1-17(29)12-13-27-22(16-28)14-25(30)18(2)24(27)15-26-21-8-4-19(5-9-21)20-6-10-23(31-3)11-7-20/h4-11,14,26,28-29H,1,12-13,15-16H2,2-3H3. The molecule has 1 heterocycles. The third kappa shape index (κ3) is 5.35. The minimum absolute atomic E-state index is 0.0632. The highest BCUT2D eigenvalue weighted by Crippen LogP contribution is 2.24. The monoisotopic (exact) mass is 420 g/mol. The number of methoxy groups -OCH3 is 1. The normalized spacial score (nSPS) is 10.7. The van der Waals surface area contributed by atoms with Crippen LogP contribution in [0, 0.1) is 6.92 Å². The van der Waals surface area contributed by atoms with Crippen molar-refractivity contribution in [1.29, 1.82) is 0 Å². The average molecular weight is 421 g/mol. The van der Waals surface area contributed by atoms with Crippen LogP contribution in [0.3, 0.4) is 0 Å². The Labute approximate surface area is 182 Å². The number of ether oxygens (including phenoxy) is 1. The molecule has 0 spiro atoms. The zero-order chi connectivity index (χ0) is 22.4. The topological polar surface area (TPSA) is 83.7 Å². The molecule has 0 aliphatic rings. The lowest BCUT2D eigenvalue weighted by Gasteiger charge is -2.20. The van der Waals surface area contributed by atoms with Crippen molar-refractivity contribution >= 4 is 5.69 Å². The van der Waals surface area contributed by atoms with Gasteiger partial charge in [0, 0.05) is 41.7 Å². The van der Waals surface area contributed by atoms with Gasteiger partial charge in [0.1, 0.15) is 5.75 Å². The van der Waals surface area contributed by atoms with Crippen LogP contribution in [-0.2, 0) is 19.7 Å². The lowest BCUT2D eigenvalue weighted by Crippen LogP contribution is -2.23. The summed E-state index contributed by atoms with van der Waals surface area (Å²) in [4.78, 5) is 12.3. The van der Waals surface area contributed by atoms with E-state index in [1.807, 2.05) is 53.1 Å². The lowest BCUT2D eigenvalue weighted by atomic mass is 10.1. The molecule has 0 atom stereocenters. The maximum absolute atomic E-state index is 12.3. The first kappa shape index (κ1) is 22.2. The molecule has 31 heavy (non-hydrogen) atoms. The maximum atomic E-state index is 12.3. The minimum atomic E-state index is -0.253. The van der Waals surface area contributed by atoms with Crippen LogP contribution in [-0.4, -0.2) is 21.9 Å². The number of nitrogens with one attached hydrogen (secondary N) is 1. The molecule has 0 aliphatic carbocycles. The van der Waals surface area contributed by atoms with Gasteiger partial charge in [-0.05, 0) is 42.3 Å². The van der Waals surface area contributed by atoms with Crippen molar-refractivity contribution in [3.63, 3.8) is 0 Å². The second-order valence-electron chi connectivity index (χ2n) is 7.36. The van der Waals surface area contributed by atoms with E-state index in [4.69, 9.17) is 4.74 Å². The molecule has 1 aromatic heterocycles. The third-order valence-electron chi connectivity index (χ3n) is 5.33. The summed E-state index contributed by atoms with van der Waals surface area (Å²) >= 11 is 0. The van der Waals surface area contributed by atoms with Gasteiger partial charge in [-0.15, -0.1) is 0 Å². The van der Waals surface area contributed by atoms with Crippen LogP contribution in [0.5, 0.6) is 5.75 Å². The number of hydrogen-bond acceptors (Lipinski definition) is 5. The minimum Gasteiger partial charge on any atom is -0.513 e. The van der Waals surface area contributed by atoms with Gasteiger partial charge < -0.3 is 24.8 Å². The molecular formula is C25H28N2O4. The molecule has 0 bridgehead atoms. The summed E-state index contributed by atoms with van der Waals surface area (Å²) in [6.07, 6.45) is 0.346. The molecule has 0 saturated heterocycles. The molecule has 0 fully saturated rings. The van der Waals surface area contributed by atoms with Gasteiger partial charge in [-0.25, -0.2) is 0 Å². The van der Waals surface area contributed by atoms with Gasteiger partial charge in [0.2, 0.25) is 0 Å². The fraction of sp³-hybridized carbons (Fsp3) is 0.240. The van der Waals surface area contributed by atoms with Crippen molar-refractivity contribution in [2.24, 2.45) is 0 Å². The van der Waals surface area contributed by atoms with Crippen LogP contribution < -0.4 is 15.5 Å². The molecular weight excluding hydrogens is 392 g/mol. The van der Waals surface area contributed by atoms with E-state index < -0.39 is 0 Å². The summed E-state index contributed by atoms with van der Waals surface area (Å²) < 4.78 is 7.08. The van der Waals surface area contributed by atoms with Crippen molar-refractivity contribution in [3.8, 4) is 16.9 Å². The second-order valence-corrected chi connectivity index (χ2v) is 7.36. The van der Waals surface area contributed by atoms with E-state index >= 15 is 0 Å². The average Bonchev–Trinajstić information content (AvgIpc) is 2.79. The smallest absolute Gasteiger partial charge is 0.185 e. The van der Waals surface area contributed by atoms with Crippen LogP contribution in [0.4, 0.5) is 5.69 Å². The van der Waals surface area contributed by atoms with Crippen LogP contribution in [0.15, 0.2) is 71.7 Å². The number of anilines is 1. The molecule has 3 rings (SSSR count). The molecule has 0 radical (unpaired) electrons. The zero-order valence-corrected chi connectivity index (χ0v) is 17.9. The van der Waals surface area contributed by atoms with Crippen molar-refractivity contribution < 1.29 is 14.9 Å². The Morgan fingerprint density at radius 2 is 1.71 bits per heavy atom. The van der Waals surface area contributed by atoms with Gasteiger partial charge in [-0.1, -0.05) is 30.8 Å². The van der Waals surface area contributed by atoms with Crippen molar-refractivity contribution in [1.82, 2.24) is 4.57 Å². The number of hydrogen-bond donors (Lipinski definition) is 3. The summed E-state index contributed by atoms with van der Waals surface area (Å²) in [5, 5.41) is 22.6. The Morgan fingerprint density at radius 1 is 1.10 bits per heavy atom. The van der Waals surface area contributed by atoms with Gasteiger partial charge in [0.15, 0.2) is 5.43 Å². The van der Waals surface area contributed by atoms with Crippen molar-refractivity contribution in [2.45, 2.75) is 33.0 Å². The first-order valence-corrected chi connectivity index (χ1v) is 10.1. The van der Waals surface area contributed by atoms with Gasteiger partial charge >= 0.3 is 0 Å². The van der Waals surface area contributed by atoms with Crippen LogP contribution in [0.2, 0.25) is 0 Å². The van der Waals surface area contributed by atoms with Gasteiger partial charge in [-0.3, -0.25) is 4.79 Å². The molecule has 162 valence electrons. The highest BCUT2D eigenvalue weighted by molar-refractivity contribution is 5.66. The Morgan fingerprint density at radius 3 is 2.26 bits per heavy atom. The van der Waals surface area contributed by atoms with Crippen LogP contribution >= 0.6 is 0 Å². The first-order valence-electron chi connectivity index (χ1n) is 10.1. The van der Waals surface area contributed by atoms with E-state index in [-0.39, 0.29) is 17.8 Å². The quantitative estimate of drug-likeness (QED) is 0.447. The van der Waals surface area contributed by atoms with Crippen molar-refractivity contribution in [3.05, 3.63) is 94.1 Å². The number of benzene rings is 2. The van der Waals surface area contributed by atoms with E-state index in [0.717, 1.165) is 28.3 Å². The number of nitrogens with zero attached hydrogens (tertiary/aromatic N) is 1. The molecule has 0 unspecified atom stereocenters. The van der Waals surface area contributed by atoms with E-state index in [1.165, 1.54) is 6.07 Å². The Hall–Kier alpha value is -3.51. The summed E-state index contributed by atoms with van der Waals surface area (Å²) in [5.74, 6) is 0.881. The largest absolute Gasteiger partial charge is 0.513 e. The Bertz CT molecular complexity index is 1100. The van der Waals surface area contributed by atoms with E-state index in [0.29, 0.717) is 30.8 Å². The summed E-state index contributed by atoms with van der Waals surface area (Å²) in [6.45, 7) is 5.89. The lowest BCUT2D eigenvalue weighted by molar-refractivity contribution is 0.266. The second kappa shape index (κ2) is 10.00. The van der Waals surface area contributed by atoms with Gasteiger partial charge in [-0.2, -0.15) is 0 Å². The summed E-state index contributed by atoms with van der Waals surface area (Å²) in [5.41, 5.74) is 4.89. The predicted molar refractivity (Wildman–Crippen MR) is 124 cm³/mol. The van der Waals surface area contributed by atoms with Crippen molar-refractivity contribution in [2.75, 3.05) is 12.4 Å². The molecule has 0 aliphatic heterocycles. The number of aliphatic hydroxyl groups is 2. The number of pyridine rings is 1. The van der Waals surface area contributed by atoms with E-state index in [1.54, 1.807) is 14.0 Å². The first-order chi connectivity index (χ1) is 14.9. The number of aliphatic hydroxyl groups excluding tert-OH is 2. The molecule has 6 heteroatoms. The fourth-order valence-electron chi connectivity index (χ4n) is 3.48. The Balaban J connectivity index is 1.80. The highest BCUT2D eigenvalue weighted by atomic mass is 16.5. The number of allylic oxidation sites excluding steroid dienone is 1. The van der Waals surface area contributed by atoms with Crippen LogP contribution in [0.25, 0.3) is 11.1 Å². The molecule has 0 amide bonds. The molecule has 3 aromatic rings. The molecule has 2 aromatic carbocycles. The molecule has 0 saturated carbocycles. The van der Waals surface area contributed by atoms with E-state index in [9.17, 15) is 15.0 Å². The Kier molecular flexibility index (Phi) is 7.15. The molecule has 6 nitrogen and oxygen atoms in total. The summed E-state index contributed by atoms with van der Waals surface area (Å²) in [6, 6.07) is 17.4. The van der Waals surface area contributed by atoms with Crippen LogP contribution in [0.1, 0.15) is 23.4 Å². The SMILES string of the molecule is C=C(O)CCn1c(CO)cc(=O)c(C)c1CNc1ccc(-c2ccc(OC)cc2)cc1. The number of rotatable bonds is 9. The maximum Gasteiger partial charge on any atom is 0.185 e. The van der Waals surface area contributed by atoms with Gasteiger partial charge in [0.25, 0.3) is 0 Å². The third-order valence-corrected chi connectivity index (χ3v) is 5.33. The highest BCUT2D eigenvalue weighted by Gasteiger charge is 2.13. The van der Waals surface area contributed by atoms with Gasteiger partial charge in [0.05, 0.1) is 26.0 Å². The predicted octanol–water partition coefficient (Wildman–Crippen LogP) is 4.40. The summed E-state index contributed by atoms with van der Waals surface area (Å²) in [7, 11) is 1.65.